The van der Waals surface area contributed by atoms with E-state index >= 15 is 0 Å². The van der Waals surface area contributed by atoms with Crippen LogP contribution in [0.5, 0.6) is 0 Å². The van der Waals surface area contributed by atoms with Gasteiger partial charge in [0.1, 0.15) is 0 Å². The third-order valence-corrected chi connectivity index (χ3v) is 3.26. The summed E-state index contributed by atoms with van der Waals surface area (Å²) >= 11 is 0. The van der Waals surface area contributed by atoms with Gasteiger partial charge in [-0.15, -0.1) is 0 Å². The van der Waals surface area contributed by atoms with Gasteiger partial charge < -0.3 is 14.8 Å². The molecule has 15 heavy (non-hydrogen) atoms. The second kappa shape index (κ2) is 4.64. The van der Waals surface area contributed by atoms with Crippen LogP contribution in [-0.2, 0) is 9.47 Å². The molecule has 2 aliphatic heterocycles. The normalized spacial score (nSPS) is 29.5. The quantitative estimate of drug-likeness (QED) is 0.717. The molecule has 2 rings (SSSR count). The topological polar surface area (TPSA) is 30.5 Å². The molecule has 0 aliphatic carbocycles. The van der Waals surface area contributed by atoms with Gasteiger partial charge in [-0.25, -0.2) is 0 Å². The van der Waals surface area contributed by atoms with E-state index in [-0.39, 0.29) is 11.7 Å². The molecule has 2 saturated heterocycles. The minimum atomic E-state index is 0.116. The Kier molecular flexibility index (Phi) is 3.44. The molecule has 3 nitrogen and oxygen atoms in total. The highest BCUT2D eigenvalue weighted by Crippen LogP contribution is 2.35. The molecular formula is C12H21NO2. The highest BCUT2D eigenvalue weighted by atomic mass is 16.6. The summed E-state index contributed by atoms with van der Waals surface area (Å²) in [5.74, 6) is 0. The van der Waals surface area contributed by atoms with Crippen molar-refractivity contribution < 1.29 is 9.47 Å². The largest absolute Gasteiger partial charge is 0.372 e. The summed E-state index contributed by atoms with van der Waals surface area (Å²) in [6.45, 7) is 9.42. The van der Waals surface area contributed by atoms with Crippen molar-refractivity contribution in [3.63, 3.8) is 0 Å². The summed E-state index contributed by atoms with van der Waals surface area (Å²) in [4.78, 5) is 0. The van der Waals surface area contributed by atoms with Crippen LogP contribution in [0, 0.1) is 0 Å². The van der Waals surface area contributed by atoms with Crippen LogP contribution in [0.4, 0.5) is 0 Å². The van der Waals surface area contributed by atoms with E-state index < -0.39 is 0 Å². The van der Waals surface area contributed by atoms with Gasteiger partial charge in [-0.1, -0.05) is 12.2 Å². The van der Waals surface area contributed by atoms with Crippen LogP contribution < -0.4 is 5.32 Å². The molecule has 1 unspecified atom stereocenters. The molecule has 2 heterocycles. The number of piperidine rings is 1. The van der Waals surface area contributed by atoms with Crippen molar-refractivity contribution in [2.45, 2.75) is 37.9 Å². The SMILES string of the molecule is C=C(C)COC1COC2(CCNCC2)C1. The molecule has 0 saturated carbocycles. The molecule has 1 N–H and O–H groups in total. The lowest BCUT2D eigenvalue weighted by Gasteiger charge is -2.32. The van der Waals surface area contributed by atoms with E-state index in [9.17, 15) is 0 Å². The lowest BCUT2D eigenvalue weighted by Crippen LogP contribution is -2.41. The smallest absolute Gasteiger partial charge is 0.0840 e. The van der Waals surface area contributed by atoms with E-state index in [2.05, 4.69) is 11.9 Å². The van der Waals surface area contributed by atoms with Crippen molar-refractivity contribution in [2.75, 3.05) is 26.3 Å². The van der Waals surface area contributed by atoms with Gasteiger partial charge in [0.05, 0.1) is 24.9 Å². The zero-order valence-corrected chi connectivity index (χ0v) is 9.55. The Morgan fingerprint density at radius 1 is 1.53 bits per heavy atom. The predicted molar refractivity (Wildman–Crippen MR) is 60.0 cm³/mol. The Balaban J connectivity index is 1.80. The fraction of sp³-hybridized carbons (Fsp3) is 0.833. The number of nitrogens with one attached hydrogen (secondary N) is 1. The molecule has 2 aliphatic rings. The first-order valence-corrected chi connectivity index (χ1v) is 5.81. The fourth-order valence-corrected chi connectivity index (χ4v) is 2.40. The van der Waals surface area contributed by atoms with Crippen LogP contribution in [0.1, 0.15) is 26.2 Å². The number of ether oxygens (including phenoxy) is 2. The maximum absolute atomic E-state index is 5.93. The molecule has 0 aromatic carbocycles. The number of hydrogen-bond acceptors (Lipinski definition) is 3. The lowest BCUT2D eigenvalue weighted by atomic mass is 9.89. The van der Waals surface area contributed by atoms with Gasteiger partial charge in [0, 0.05) is 6.42 Å². The van der Waals surface area contributed by atoms with Crippen LogP contribution in [0.2, 0.25) is 0 Å². The molecule has 2 fully saturated rings. The predicted octanol–water partition coefficient (Wildman–Crippen LogP) is 1.49. The minimum Gasteiger partial charge on any atom is -0.372 e. The van der Waals surface area contributed by atoms with Gasteiger partial charge in [-0.05, 0) is 32.9 Å². The summed E-state index contributed by atoms with van der Waals surface area (Å²) < 4.78 is 11.7. The summed E-state index contributed by atoms with van der Waals surface area (Å²) in [6.07, 6.45) is 3.58. The second-order valence-electron chi connectivity index (χ2n) is 4.84. The number of hydrogen-bond donors (Lipinski definition) is 1. The molecule has 0 bridgehead atoms. The van der Waals surface area contributed by atoms with Crippen LogP contribution in [-0.4, -0.2) is 38.0 Å². The van der Waals surface area contributed by atoms with Crippen molar-refractivity contribution >= 4 is 0 Å². The van der Waals surface area contributed by atoms with Crippen LogP contribution in [0.15, 0.2) is 12.2 Å². The molecule has 0 amide bonds. The van der Waals surface area contributed by atoms with Gasteiger partial charge in [-0.2, -0.15) is 0 Å². The average Bonchev–Trinajstić information content (AvgIpc) is 2.60. The van der Waals surface area contributed by atoms with Crippen molar-refractivity contribution in [3.8, 4) is 0 Å². The van der Waals surface area contributed by atoms with Gasteiger partial charge in [0.25, 0.3) is 0 Å². The van der Waals surface area contributed by atoms with E-state index in [1.807, 2.05) is 6.92 Å². The third kappa shape index (κ3) is 2.80. The summed E-state index contributed by atoms with van der Waals surface area (Å²) in [7, 11) is 0. The maximum Gasteiger partial charge on any atom is 0.0840 e. The molecule has 3 heteroatoms. The van der Waals surface area contributed by atoms with Crippen LogP contribution in [0.25, 0.3) is 0 Å². The zero-order valence-electron chi connectivity index (χ0n) is 9.55. The van der Waals surface area contributed by atoms with E-state index in [1.165, 1.54) is 0 Å². The Morgan fingerprint density at radius 3 is 2.93 bits per heavy atom. The molecule has 86 valence electrons. The second-order valence-corrected chi connectivity index (χ2v) is 4.84. The molecule has 0 radical (unpaired) electrons. The highest BCUT2D eigenvalue weighted by Gasteiger charge is 2.41. The van der Waals surface area contributed by atoms with E-state index in [4.69, 9.17) is 9.47 Å². The van der Waals surface area contributed by atoms with Crippen molar-refractivity contribution in [3.05, 3.63) is 12.2 Å². The molecule has 1 spiro atoms. The Morgan fingerprint density at radius 2 is 2.27 bits per heavy atom. The highest BCUT2D eigenvalue weighted by molar-refractivity contribution is 4.94. The minimum absolute atomic E-state index is 0.116. The van der Waals surface area contributed by atoms with E-state index in [0.29, 0.717) is 6.61 Å². The van der Waals surface area contributed by atoms with Crippen molar-refractivity contribution in [2.24, 2.45) is 0 Å². The fourth-order valence-electron chi connectivity index (χ4n) is 2.40. The number of rotatable bonds is 3. The first-order chi connectivity index (χ1) is 7.20. The first kappa shape index (κ1) is 11.1. The maximum atomic E-state index is 5.93. The van der Waals surface area contributed by atoms with Gasteiger partial charge >= 0.3 is 0 Å². The third-order valence-electron chi connectivity index (χ3n) is 3.26. The Bertz CT molecular complexity index is 234. The zero-order chi connectivity index (χ0) is 10.7. The molecule has 1 atom stereocenters. The Labute approximate surface area is 91.8 Å². The molecule has 0 aromatic rings. The Hall–Kier alpha value is -0.380. The molecule has 0 aromatic heterocycles. The summed E-state index contributed by atoms with van der Waals surface area (Å²) in [5, 5.41) is 3.37. The van der Waals surface area contributed by atoms with Gasteiger partial charge in [0.2, 0.25) is 0 Å². The lowest BCUT2D eigenvalue weighted by molar-refractivity contribution is -0.0226. The average molecular weight is 211 g/mol. The summed E-state index contributed by atoms with van der Waals surface area (Å²) in [5.41, 5.74) is 1.20. The first-order valence-electron chi connectivity index (χ1n) is 5.81. The van der Waals surface area contributed by atoms with Gasteiger partial charge in [0.15, 0.2) is 0 Å². The monoisotopic (exact) mass is 211 g/mol. The van der Waals surface area contributed by atoms with Crippen molar-refractivity contribution in [1.82, 2.24) is 5.32 Å². The van der Waals surface area contributed by atoms with Crippen LogP contribution in [0.3, 0.4) is 0 Å². The van der Waals surface area contributed by atoms with E-state index in [0.717, 1.165) is 44.5 Å². The van der Waals surface area contributed by atoms with Crippen molar-refractivity contribution in [1.29, 1.82) is 0 Å². The van der Waals surface area contributed by atoms with E-state index in [1.54, 1.807) is 0 Å². The molecular weight excluding hydrogens is 190 g/mol. The van der Waals surface area contributed by atoms with Gasteiger partial charge in [-0.3, -0.25) is 0 Å². The summed E-state index contributed by atoms with van der Waals surface area (Å²) in [6, 6.07) is 0. The van der Waals surface area contributed by atoms with Crippen LogP contribution >= 0.6 is 0 Å². The standard InChI is InChI=1S/C12H21NO2/c1-10(2)8-14-11-7-12(15-9-11)3-5-13-6-4-12/h11,13H,1,3-9H2,2H3.